The zero-order valence-electron chi connectivity index (χ0n) is 12.0. The van der Waals surface area contributed by atoms with Crippen LogP contribution in [0.1, 0.15) is 30.8 Å². The number of aromatic nitrogens is 2. The average molecular weight is 286 g/mol. The lowest BCUT2D eigenvalue weighted by Crippen LogP contribution is -2.05. The van der Waals surface area contributed by atoms with Gasteiger partial charge in [0.25, 0.3) is 0 Å². The van der Waals surface area contributed by atoms with E-state index in [9.17, 15) is 5.26 Å². The molecule has 104 valence electrons. The van der Waals surface area contributed by atoms with Crippen molar-refractivity contribution in [1.82, 2.24) is 9.78 Å². The van der Waals surface area contributed by atoms with E-state index in [1.165, 1.54) is 0 Å². The lowest BCUT2D eigenvalue weighted by atomic mass is 10.1. The number of nitrogen functional groups attached to an aromatic ring is 1. The molecule has 5 heteroatoms. The molecule has 0 amide bonds. The van der Waals surface area contributed by atoms with Gasteiger partial charge in [0.2, 0.25) is 0 Å². The summed E-state index contributed by atoms with van der Waals surface area (Å²) >= 11 is 1.56. The third-order valence-corrected chi connectivity index (χ3v) is 4.11. The van der Waals surface area contributed by atoms with Crippen molar-refractivity contribution in [3.63, 3.8) is 0 Å². The first-order valence-electron chi connectivity index (χ1n) is 6.61. The smallest absolute Gasteiger partial charge is 0.103 e. The number of benzene rings is 1. The lowest BCUT2D eigenvalue weighted by Gasteiger charge is -2.10. The summed E-state index contributed by atoms with van der Waals surface area (Å²) in [5, 5.41) is 14.0. The Bertz CT molecular complexity index is 667. The van der Waals surface area contributed by atoms with Gasteiger partial charge in [-0.15, -0.1) is 11.8 Å². The largest absolute Gasteiger partial charge is 0.396 e. The Morgan fingerprint density at radius 3 is 2.65 bits per heavy atom. The normalized spacial score (nSPS) is 10.5. The van der Waals surface area contributed by atoms with Gasteiger partial charge in [0.05, 0.1) is 28.3 Å². The Labute approximate surface area is 123 Å². The molecule has 0 unspecified atom stereocenters. The van der Waals surface area contributed by atoms with Gasteiger partial charge in [0.1, 0.15) is 6.07 Å². The van der Waals surface area contributed by atoms with Crippen molar-refractivity contribution in [1.29, 1.82) is 5.26 Å². The molecule has 0 radical (unpaired) electrons. The van der Waals surface area contributed by atoms with Crippen LogP contribution in [0.2, 0.25) is 0 Å². The Kier molecular flexibility index (Phi) is 4.35. The quantitative estimate of drug-likeness (QED) is 0.877. The summed E-state index contributed by atoms with van der Waals surface area (Å²) in [6.45, 7) is 4.08. The van der Waals surface area contributed by atoms with Gasteiger partial charge in [0, 0.05) is 4.90 Å². The molecule has 4 nitrogen and oxygen atoms in total. The Morgan fingerprint density at radius 2 is 2.10 bits per heavy atom. The summed E-state index contributed by atoms with van der Waals surface area (Å²) in [5.41, 5.74) is 10.2. The van der Waals surface area contributed by atoms with E-state index in [1.54, 1.807) is 11.8 Å². The molecule has 0 aliphatic heterocycles. The van der Waals surface area contributed by atoms with Crippen LogP contribution in [0.3, 0.4) is 0 Å². The number of nitrogens with zero attached hydrogens (tertiary/aromatic N) is 3. The van der Waals surface area contributed by atoms with Crippen LogP contribution in [0.25, 0.3) is 5.69 Å². The highest BCUT2D eigenvalue weighted by Gasteiger charge is 2.17. The van der Waals surface area contributed by atoms with E-state index < -0.39 is 0 Å². The summed E-state index contributed by atoms with van der Waals surface area (Å²) in [4.78, 5) is 0.958. The van der Waals surface area contributed by atoms with Crippen LogP contribution in [0.4, 0.5) is 5.69 Å². The zero-order chi connectivity index (χ0) is 14.7. The fraction of sp³-hybridized carbons (Fsp3) is 0.333. The molecule has 0 aliphatic rings. The van der Waals surface area contributed by atoms with E-state index in [-0.39, 0.29) is 0 Å². The molecule has 2 aromatic rings. The lowest BCUT2D eigenvalue weighted by molar-refractivity contribution is 0.790. The highest BCUT2D eigenvalue weighted by Crippen LogP contribution is 2.28. The van der Waals surface area contributed by atoms with Gasteiger partial charge in [-0.1, -0.05) is 19.9 Å². The average Bonchev–Trinajstić information content (AvgIpc) is 2.81. The first-order valence-corrected chi connectivity index (χ1v) is 7.84. The number of thioether (sulfide) groups is 1. The van der Waals surface area contributed by atoms with Crippen molar-refractivity contribution in [3.05, 3.63) is 35.2 Å². The molecule has 0 atom stereocenters. The molecule has 0 aliphatic carbocycles. The summed E-state index contributed by atoms with van der Waals surface area (Å²) in [6.07, 6.45) is 3.54. The highest BCUT2D eigenvalue weighted by molar-refractivity contribution is 7.98. The van der Waals surface area contributed by atoms with Gasteiger partial charge in [-0.3, -0.25) is 0 Å². The van der Waals surface area contributed by atoms with E-state index in [4.69, 9.17) is 5.73 Å². The molecule has 1 aromatic carbocycles. The van der Waals surface area contributed by atoms with Crippen molar-refractivity contribution in [2.24, 2.45) is 0 Å². The predicted molar refractivity (Wildman–Crippen MR) is 83.2 cm³/mol. The third kappa shape index (κ3) is 2.27. The first-order chi connectivity index (χ1) is 9.67. The van der Waals surface area contributed by atoms with Crippen LogP contribution in [0.5, 0.6) is 0 Å². The molecular weight excluding hydrogens is 268 g/mol. The third-order valence-electron chi connectivity index (χ3n) is 3.33. The minimum absolute atomic E-state index is 0.653. The van der Waals surface area contributed by atoms with Crippen molar-refractivity contribution in [2.45, 2.75) is 31.6 Å². The van der Waals surface area contributed by atoms with E-state index in [0.29, 0.717) is 5.56 Å². The fourth-order valence-corrected chi connectivity index (χ4v) is 2.86. The number of rotatable bonds is 4. The Balaban J connectivity index is 2.72. The van der Waals surface area contributed by atoms with Gasteiger partial charge in [-0.25, -0.2) is 4.68 Å². The molecule has 0 saturated heterocycles. The maximum absolute atomic E-state index is 9.45. The Hall–Kier alpha value is -1.93. The van der Waals surface area contributed by atoms with Crippen LogP contribution in [0, 0.1) is 11.3 Å². The van der Waals surface area contributed by atoms with E-state index in [0.717, 1.165) is 40.5 Å². The van der Waals surface area contributed by atoms with Gasteiger partial charge in [-0.05, 0) is 31.2 Å². The van der Waals surface area contributed by atoms with E-state index >= 15 is 0 Å². The van der Waals surface area contributed by atoms with Crippen LogP contribution in [0.15, 0.2) is 23.1 Å². The maximum atomic E-state index is 9.45. The van der Waals surface area contributed by atoms with Crippen molar-refractivity contribution >= 4 is 17.4 Å². The predicted octanol–water partition coefficient (Wildman–Crippen LogP) is 3.17. The first kappa shape index (κ1) is 14.5. The van der Waals surface area contributed by atoms with Gasteiger partial charge in [0.15, 0.2) is 0 Å². The van der Waals surface area contributed by atoms with Crippen LogP contribution >= 0.6 is 11.8 Å². The van der Waals surface area contributed by atoms with Crippen LogP contribution in [-0.4, -0.2) is 16.0 Å². The molecular formula is C15H18N4S. The molecule has 0 saturated carbocycles. The molecule has 0 bridgehead atoms. The maximum Gasteiger partial charge on any atom is 0.103 e. The Morgan fingerprint density at radius 1 is 1.35 bits per heavy atom. The van der Waals surface area contributed by atoms with Crippen molar-refractivity contribution in [2.75, 3.05) is 12.0 Å². The summed E-state index contributed by atoms with van der Waals surface area (Å²) in [6, 6.07) is 8.11. The molecule has 2 N–H and O–H groups in total. The fourth-order valence-electron chi connectivity index (χ4n) is 2.29. The number of anilines is 1. The van der Waals surface area contributed by atoms with Crippen molar-refractivity contribution in [3.8, 4) is 11.8 Å². The number of hydrogen-bond acceptors (Lipinski definition) is 4. The van der Waals surface area contributed by atoms with Crippen LogP contribution < -0.4 is 5.73 Å². The standard InChI is InChI=1S/C15H18N4S/c1-4-11-15(17)12(5-2)19(18-11)13-7-6-8-14(20-3)10(13)9-16/h6-8H,4-5,17H2,1-3H3. The highest BCUT2D eigenvalue weighted by atomic mass is 32.2. The molecule has 20 heavy (non-hydrogen) atoms. The zero-order valence-corrected chi connectivity index (χ0v) is 12.8. The molecule has 0 fully saturated rings. The second kappa shape index (κ2) is 6.02. The SMILES string of the molecule is CCc1nn(-c2cccc(SC)c2C#N)c(CC)c1N. The second-order valence-corrected chi connectivity index (χ2v) is 5.24. The number of hydrogen-bond donors (Lipinski definition) is 1. The molecule has 1 aromatic heterocycles. The topological polar surface area (TPSA) is 67.6 Å². The van der Waals surface area contributed by atoms with Crippen LogP contribution in [-0.2, 0) is 12.8 Å². The molecule has 1 heterocycles. The van der Waals surface area contributed by atoms with Crippen molar-refractivity contribution < 1.29 is 0 Å². The van der Waals surface area contributed by atoms with Gasteiger partial charge >= 0.3 is 0 Å². The summed E-state index contributed by atoms with van der Waals surface area (Å²) in [7, 11) is 0. The number of nitriles is 1. The minimum atomic E-state index is 0.653. The summed E-state index contributed by atoms with van der Waals surface area (Å²) in [5.74, 6) is 0. The monoisotopic (exact) mass is 286 g/mol. The molecule has 2 rings (SSSR count). The molecule has 0 spiro atoms. The number of aryl methyl sites for hydroxylation is 1. The van der Waals surface area contributed by atoms with E-state index in [1.807, 2.05) is 43.0 Å². The van der Waals surface area contributed by atoms with Gasteiger partial charge in [-0.2, -0.15) is 10.4 Å². The minimum Gasteiger partial charge on any atom is -0.396 e. The summed E-state index contributed by atoms with van der Waals surface area (Å²) < 4.78 is 1.83. The van der Waals surface area contributed by atoms with E-state index in [2.05, 4.69) is 11.2 Å². The number of nitrogens with two attached hydrogens (primary N) is 1. The van der Waals surface area contributed by atoms with Gasteiger partial charge < -0.3 is 5.73 Å². The second-order valence-electron chi connectivity index (χ2n) is 4.39.